The highest BCUT2D eigenvalue weighted by Crippen LogP contribution is 2.16. The van der Waals surface area contributed by atoms with Crippen molar-refractivity contribution in [3.05, 3.63) is 64.2 Å². The van der Waals surface area contributed by atoms with Crippen molar-refractivity contribution < 1.29 is 17.9 Å². The molecule has 0 radical (unpaired) electrons. The summed E-state index contributed by atoms with van der Waals surface area (Å²) in [6, 6.07) is 11.7. The van der Waals surface area contributed by atoms with E-state index in [1.165, 1.54) is 10.7 Å². The normalized spacial score (nSPS) is 11.5. The molecule has 0 saturated heterocycles. The van der Waals surface area contributed by atoms with Crippen LogP contribution >= 0.6 is 0 Å². The molecule has 0 aliphatic heterocycles. The molecule has 10 nitrogen and oxygen atoms in total. The molecule has 0 spiro atoms. The molecule has 0 saturated carbocycles. The number of sulfonamides is 1. The van der Waals surface area contributed by atoms with Crippen molar-refractivity contribution in [2.24, 2.45) is 0 Å². The summed E-state index contributed by atoms with van der Waals surface area (Å²) in [5.41, 5.74) is 1.39. The first-order chi connectivity index (χ1) is 14.8. The van der Waals surface area contributed by atoms with E-state index in [0.717, 1.165) is 11.4 Å². The Bertz CT molecular complexity index is 1190. The Morgan fingerprint density at radius 1 is 1.03 bits per heavy atom. The summed E-state index contributed by atoms with van der Waals surface area (Å²) in [4.78, 5) is 12.1. The second kappa shape index (κ2) is 9.75. The zero-order valence-corrected chi connectivity index (χ0v) is 18.4. The van der Waals surface area contributed by atoms with Crippen molar-refractivity contribution in [3.8, 4) is 17.3 Å². The lowest BCUT2D eigenvalue weighted by atomic mass is 10.3. The van der Waals surface area contributed by atoms with Gasteiger partial charge in [0.2, 0.25) is 10.0 Å². The maximum Gasteiger partial charge on any atom is 0.266 e. The van der Waals surface area contributed by atoms with Crippen molar-refractivity contribution in [2.45, 2.75) is 20.4 Å². The van der Waals surface area contributed by atoms with Gasteiger partial charge in [0.15, 0.2) is 5.82 Å². The molecule has 1 N–H and O–H groups in total. The maximum atomic E-state index is 12.2. The number of ether oxygens (including phenoxy) is 2. The topological polar surface area (TPSA) is 117 Å². The van der Waals surface area contributed by atoms with Crippen LogP contribution in [0.2, 0.25) is 0 Å². The van der Waals surface area contributed by atoms with Gasteiger partial charge in [0.25, 0.3) is 5.56 Å². The Kier molecular flexibility index (Phi) is 7.08. The van der Waals surface area contributed by atoms with Crippen LogP contribution in [-0.2, 0) is 16.6 Å². The van der Waals surface area contributed by atoms with Gasteiger partial charge in [-0.2, -0.15) is 5.10 Å². The van der Waals surface area contributed by atoms with Gasteiger partial charge in [0.1, 0.15) is 18.1 Å². The summed E-state index contributed by atoms with van der Waals surface area (Å²) in [5, 5.41) is 8.63. The average Bonchev–Trinajstić information content (AvgIpc) is 3.07. The summed E-state index contributed by atoms with van der Waals surface area (Å²) in [5.74, 6) is 1.51. The molecule has 11 heteroatoms. The zero-order chi connectivity index (χ0) is 22.4. The SMILES string of the molecule is COc1ccc(OCCS(=O)(=O)NCCn2nc(-n3nc(C)cc3C)ccc2=O)cc1. The molecule has 0 aliphatic rings. The van der Waals surface area contributed by atoms with Crippen molar-refractivity contribution in [1.82, 2.24) is 24.3 Å². The minimum atomic E-state index is -3.57. The number of aryl methyl sites for hydroxylation is 2. The number of nitrogens with zero attached hydrogens (tertiary/aromatic N) is 4. The Balaban J connectivity index is 1.53. The Hall–Kier alpha value is -3.18. The lowest BCUT2D eigenvalue weighted by Gasteiger charge is -2.10. The first-order valence-corrected chi connectivity index (χ1v) is 11.3. The largest absolute Gasteiger partial charge is 0.497 e. The van der Waals surface area contributed by atoms with Gasteiger partial charge in [-0.1, -0.05) is 0 Å². The smallest absolute Gasteiger partial charge is 0.266 e. The van der Waals surface area contributed by atoms with Gasteiger partial charge >= 0.3 is 0 Å². The zero-order valence-electron chi connectivity index (χ0n) is 17.6. The van der Waals surface area contributed by atoms with Crippen LogP contribution < -0.4 is 19.8 Å². The van der Waals surface area contributed by atoms with Gasteiger partial charge in [-0.25, -0.2) is 22.5 Å². The van der Waals surface area contributed by atoms with Crippen molar-refractivity contribution in [1.29, 1.82) is 0 Å². The van der Waals surface area contributed by atoms with Gasteiger partial charge in [-0.15, -0.1) is 5.10 Å². The number of nitrogens with one attached hydrogen (secondary N) is 1. The molecule has 0 aliphatic carbocycles. The Labute approximate surface area is 180 Å². The molecule has 3 aromatic rings. The molecule has 1 aromatic carbocycles. The van der Waals surface area contributed by atoms with Crippen molar-refractivity contribution in [3.63, 3.8) is 0 Å². The van der Waals surface area contributed by atoms with Crippen LogP contribution in [-0.4, -0.2) is 54.0 Å². The van der Waals surface area contributed by atoms with E-state index in [2.05, 4.69) is 14.9 Å². The molecular weight excluding hydrogens is 422 g/mol. The quantitative estimate of drug-likeness (QED) is 0.494. The van der Waals surface area contributed by atoms with E-state index >= 15 is 0 Å². The van der Waals surface area contributed by atoms with E-state index in [4.69, 9.17) is 9.47 Å². The first-order valence-electron chi connectivity index (χ1n) is 9.63. The molecule has 2 heterocycles. The van der Waals surface area contributed by atoms with Crippen LogP contribution in [0.25, 0.3) is 5.82 Å². The predicted octanol–water partition coefficient (Wildman–Crippen LogP) is 1.05. The molecule has 0 atom stereocenters. The second-order valence-electron chi connectivity index (χ2n) is 6.83. The molecule has 0 fully saturated rings. The lowest BCUT2D eigenvalue weighted by molar-refractivity contribution is 0.339. The van der Waals surface area contributed by atoms with E-state index in [9.17, 15) is 13.2 Å². The van der Waals surface area contributed by atoms with Crippen LogP contribution in [0.1, 0.15) is 11.4 Å². The minimum absolute atomic E-state index is 0.00667. The monoisotopic (exact) mass is 447 g/mol. The summed E-state index contributed by atoms with van der Waals surface area (Å²) < 4.78 is 40.2. The summed E-state index contributed by atoms with van der Waals surface area (Å²) in [6.45, 7) is 3.86. The van der Waals surface area contributed by atoms with Crippen LogP contribution in [0.3, 0.4) is 0 Å². The number of hydrogen-bond acceptors (Lipinski definition) is 7. The molecule has 2 aromatic heterocycles. The van der Waals surface area contributed by atoms with E-state index in [1.807, 2.05) is 19.9 Å². The third-order valence-corrected chi connectivity index (χ3v) is 5.75. The molecule has 166 valence electrons. The maximum absolute atomic E-state index is 12.2. The van der Waals surface area contributed by atoms with Crippen LogP contribution in [0.15, 0.2) is 47.3 Å². The fourth-order valence-corrected chi connectivity index (χ4v) is 3.74. The number of hydrogen-bond donors (Lipinski definition) is 1. The first kappa shape index (κ1) is 22.5. The molecular formula is C20H25N5O5S. The van der Waals surface area contributed by atoms with Gasteiger partial charge in [0, 0.05) is 18.3 Å². The highest BCUT2D eigenvalue weighted by atomic mass is 32.2. The van der Waals surface area contributed by atoms with Gasteiger partial charge in [-0.3, -0.25) is 4.79 Å². The average molecular weight is 448 g/mol. The molecule has 3 rings (SSSR count). The number of rotatable bonds is 10. The van der Waals surface area contributed by atoms with Gasteiger partial charge in [-0.05, 0) is 50.2 Å². The van der Waals surface area contributed by atoms with E-state index < -0.39 is 10.0 Å². The number of benzene rings is 1. The Morgan fingerprint density at radius 3 is 2.39 bits per heavy atom. The molecule has 0 bridgehead atoms. The fraction of sp³-hybridized carbons (Fsp3) is 0.350. The van der Waals surface area contributed by atoms with Crippen molar-refractivity contribution in [2.75, 3.05) is 26.0 Å². The summed E-state index contributed by atoms with van der Waals surface area (Å²) >= 11 is 0. The number of aromatic nitrogens is 4. The van der Waals surface area contributed by atoms with Crippen molar-refractivity contribution >= 4 is 10.0 Å². The number of methoxy groups -OCH3 is 1. The van der Waals surface area contributed by atoms with Gasteiger partial charge < -0.3 is 9.47 Å². The van der Waals surface area contributed by atoms with Gasteiger partial charge in [0.05, 0.1) is 25.1 Å². The minimum Gasteiger partial charge on any atom is -0.497 e. The van der Waals surface area contributed by atoms with Crippen LogP contribution in [0, 0.1) is 13.8 Å². The van der Waals surface area contributed by atoms with E-state index in [1.54, 1.807) is 42.1 Å². The van der Waals surface area contributed by atoms with Crippen LogP contribution in [0.5, 0.6) is 11.5 Å². The van der Waals surface area contributed by atoms with Crippen LogP contribution in [0.4, 0.5) is 0 Å². The standard InChI is InChI=1S/C20H25N5O5S/c1-15-14-16(2)25(22-15)19-8-9-20(26)24(23-19)11-10-21-31(27,28)13-12-30-18-6-4-17(29-3)5-7-18/h4-9,14,21H,10-13H2,1-3H3. The molecule has 31 heavy (non-hydrogen) atoms. The highest BCUT2D eigenvalue weighted by Gasteiger charge is 2.12. The predicted molar refractivity (Wildman–Crippen MR) is 115 cm³/mol. The highest BCUT2D eigenvalue weighted by molar-refractivity contribution is 7.89. The summed E-state index contributed by atoms with van der Waals surface area (Å²) in [7, 11) is -2.01. The Morgan fingerprint density at radius 2 is 1.74 bits per heavy atom. The van der Waals surface area contributed by atoms with E-state index in [-0.39, 0.29) is 31.0 Å². The molecule has 0 unspecified atom stereocenters. The third kappa shape index (κ3) is 6.15. The third-order valence-electron chi connectivity index (χ3n) is 4.40. The summed E-state index contributed by atoms with van der Waals surface area (Å²) in [6.07, 6.45) is 0. The molecule has 0 amide bonds. The second-order valence-corrected chi connectivity index (χ2v) is 8.76. The fourth-order valence-electron chi connectivity index (χ4n) is 2.89. The lowest BCUT2D eigenvalue weighted by Crippen LogP contribution is -2.34. The van der Waals surface area contributed by atoms with E-state index in [0.29, 0.717) is 17.3 Å².